The van der Waals surface area contributed by atoms with E-state index in [2.05, 4.69) is 31.7 Å². The molecule has 2 atom stereocenters. The lowest BCUT2D eigenvalue weighted by Crippen LogP contribution is -2.45. The molecular weight excluding hydrogens is 392 g/mol. The quantitative estimate of drug-likeness (QED) is 0.792. The van der Waals surface area contributed by atoms with Crippen molar-refractivity contribution in [3.05, 3.63) is 37.7 Å². The molecule has 2 N–H and O–H groups in total. The second-order valence-electron chi connectivity index (χ2n) is 5.74. The number of nitrogens with one attached hydrogen (secondary N) is 2. The second-order valence-corrected chi connectivity index (χ2v) is 8.20. The Bertz CT molecular complexity index is 768. The highest BCUT2D eigenvalue weighted by atomic mass is 79.9. The SMILES string of the molecule is Cc1nn(C)c(C)c1C(C)NC(=O)C(C)NC(=O)c1ccc(Br)s1. The van der Waals surface area contributed by atoms with Gasteiger partial charge in [-0.3, -0.25) is 14.3 Å². The highest BCUT2D eigenvalue weighted by Gasteiger charge is 2.22. The number of nitrogens with zero attached hydrogens (tertiary/aromatic N) is 2. The number of aromatic nitrogens is 2. The number of aryl methyl sites for hydroxylation is 2. The lowest BCUT2D eigenvalue weighted by Gasteiger charge is -2.19. The summed E-state index contributed by atoms with van der Waals surface area (Å²) < 4.78 is 2.67. The Labute approximate surface area is 153 Å². The first-order valence-corrected chi connectivity index (χ1v) is 9.18. The van der Waals surface area contributed by atoms with Crippen LogP contribution in [-0.4, -0.2) is 27.6 Å². The third kappa shape index (κ3) is 4.05. The van der Waals surface area contributed by atoms with Crippen LogP contribution in [0.25, 0.3) is 0 Å². The third-order valence-electron chi connectivity index (χ3n) is 3.89. The zero-order valence-electron chi connectivity index (χ0n) is 14.3. The van der Waals surface area contributed by atoms with Crippen molar-refractivity contribution in [3.8, 4) is 0 Å². The van der Waals surface area contributed by atoms with Crippen molar-refractivity contribution in [1.82, 2.24) is 20.4 Å². The second kappa shape index (κ2) is 7.48. The van der Waals surface area contributed by atoms with Crippen molar-refractivity contribution in [3.63, 3.8) is 0 Å². The third-order valence-corrected chi connectivity index (χ3v) is 5.52. The molecule has 2 heterocycles. The molecule has 0 radical (unpaired) electrons. The Morgan fingerprint density at radius 1 is 1.25 bits per heavy atom. The summed E-state index contributed by atoms with van der Waals surface area (Å²) in [5.74, 6) is -0.483. The normalized spacial score (nSPS) is 13.4. The molecule has 2 aromatic rings. The molecule has 0 saturated heterocycles. The molecule has 2 amide bonds. The molecule has 8 heteroatoms. The molecule has 0 aromatic carbocycles. The minimum absolute atomic E-state index is 0.179. The monoisotopic (exact) mass is 412 g/mol. The number of amides is 2. The predicted molar refractivity (Wildman–Crippen MR) is 98.2 cm³/mol. The fourth-order valence-corrected chi connectivity index (χ4v) is 3.89. The van der Waals surface area contributed by atoms with E-state index in [0.29, 0.717) is 4.88 Å². The van der Waals surface area contributed by atoms with Crippen molar-refractivity contribution >= 4 is 39.1 Å². The Balaban J connectivity index is 1.99. The molecule has 0 saturated carbocycles. The van der Waals surface area contributed by atoms with Crippen LogP contribution in [0, 0.1) is 13.8 Å². The molecule has 24 heavy (non-hydrogen) atoms. The summed E-state index contributed by atoms with van der Waals surface area (Å²) in [4.78, 5) is 25.1. The van der Waals surface area contributed by atoms with Crippen LogP contribution in [0.3, 0.4) is 0 Å². The average molecular weight is 413 g/mol. The van der Waals surface area contributed by atoms with Crippen LogP contribution < -0.4 is 10.6 Å². The Hall–Kier alpha value is -1.67. The van der Waals surface area contributed by atoms with Gasteiger partial charge < -0.3 is 10.6 Å². The molecule has 130 valence electrons. The molecule has 0 aliphatic carbocycles. The smallest absolute Gasteiger partial charge is 0.262 e. The van der Waals surface area contributed by atoms with Gasteiger partial charge in [0.05, 0.1) is 20.4 Å². The van der Waals surface area contributed by atoms with E-state index in [0.717, 1.165) is 20.7 Å². The first kappa shape index (κ1) is 18.7. The summed E-state index contributed by atoms with van der Waals surface area (Å²) in [6, 6.07) is 2.72. The van der Waals surface area contributed by atoms with Gasteiger partial charge in [0.1, 0.15) is 6.04 Å². The van der Waals surface area contributed by atoms with Crippen LogP contribution in [0.4, 0.5) is 0 Å². The van der Waals surface area contributed by atoms with Gasteiger partial charge in [-0.15, -0.1) is 11.3 Å². The molecule has 0 spiro atoms. The van der Waals surface area contributed by atoms with Crippen molar-refractivity contribution < 1.29 is 9.59 Å². The van der Waals surface area contributed by atoms with Gasteiger partial charge in [0.15, 0.2) is 0 Å². The zero-order chi connectivity index (χ0) is 18.0. The van der Waals surface area contributed by atoms with Gasteiger partial charge in [-0.25, -0.2) is 0 Å². The van der Waals surface area contributed by atoms with Crippen molar-refractivity contribution in [2.24, 2.45) is 7.05 Å². The molecule has 0 aliphatic rings. The number of hydrogen-bond donors (Lipinski definition) is 2. The lowest BCUT2D eigenvalue weighted by molar-refractivity contribution is -0.123. The van der Waals surface area contributed by atoms with E-state index in [1.165, 1.54) is 11.3 Å². The van der Waals surface area contributed by atoms with Crippen LogP contribution >= 0.6 is 27.3 Å². The summed E-state index contributed by atoms with van der Waals surface area (Å²) in [6.07, 6.45) is 0. The maximum Gasteiger partial charge on any atom is 0.262 e. The number of rotatable bonds is 5. The zero-order valence-corrected chi connectivity index (χ0v) is 16.7. The summed E-state index contributed by atoms with van der Waals surface area (Å²) in [5, 5.41) is 10.0. The molecule has 2 rings (SSSR count). The van der Waals surface area contributed by atoms with Crippen LogP contribution in [0.15, 0.2) is 15.9 Å². The average Bonchev–Trinajstić information content (AvgIpc) is 3.03. The standard InChI is InChI=1S/C16H21BrN4O2S/c1-8(14-9(2)20-21(5)11(14)4)18-15(22)10(3)19-16(23)12-6-7-13(17)24-12/h6-8,10H,1-5H3,(H,18,22)(H,19,23). The number of carbonyl (C=O) groups is 2. The van der Waals surface area contributed by atoms with E-state index >= 15 is 0 Å². The van der Waals surface area contributed by atoms with Gasteiger partial charge in [-0.1, -0.05) is 0 Å². The minimum atomic E-state index is -0.627. The van der Waals surface area contributed by atoms with E-state index < -0.39 is 6.04 Å². The summed E-state index contributed by atoms with van der Waals surface area (Å²) in [6.45, 7) is 7.48. The van der Waals surface area contributed by atoms with Gasteiger partial charge in [0.2, 0.25) is 5.91 Å². The molecule has 6 nitrogen and oxygen atoms in total. The number of carbonyl (C=O) groups excluding carboxylic acids is 2. The highest BCUT2D eigenvalue weighted by molar-refractivity contribution is 9.11. The fourth-order valence-electron chi connectivity index (χ4n) is 2.60. The van der Waals surface area contributed by atoms with Crippen LogP contribution in [0.1, 0.15) is 46.5 Å². The Morgan fingerprint density at radius 2 is 1.92 bits per heavy atom. The van der Waals surface area contributed by atoms with Gasteiger partial charge >= 0.3 is 0 Å². The van der Waals surface area contributed by atoms with Crippen LogP contribution in [0.2, 0.25) is 0 Å². The largest absolute Gasteiger partial charge is 0.348 e. The molecule has 2 aromatic heterocycles. The van der Waals surface area contributed by atoms with Crippen LogP contribution in [0.5, 0.6) is 0 Å². The maximum absolute atomic E-state index is 12.4. The van der Waals surface area contributed by atoms with Crippen LogP contribution in [-0.2, 0) is 11.8 Å². The molecule has 0 aliphatic heterocycles. The van der Waals surface area contributed by atoms with Gasteiger partial charge in [0, 0.05) is 18.3 Å². The summed E-state index contributed by atoms with van der Waals surface area (Å²) >= 11 is 4.65. The van der Waals surface area contributed by atoms with Crippen molar-refractivity contribution in [2.75, 3.05) is 0 Å². The van der Waals surface area contributed by atoms with E-state index in [4.69, 9.17) is 0 Å². The number of hydrogen-bond acceptors (Lipinski definition) is 4. The summed E-state index contributed by atoms with van der Waals surface area (Å²) in [5.41, 5.74) is 2.91. The topological polar surface area (TPSA) is 76.0 Å². The number of halogens is 1. The first-order chi connectivity index (χ1) is 11.2. The van der Waals surface area contributed by atoms with Gasteiger partial charge in [0.25, 0.3) is 5.91 Å². The summed E-state index contributed by atoms with van der Waals surface area (Å²) in [7, 11) is 1.88. The van der Waals surface area contributed by atoms with E-state index in [9.17, 15) is 9.59 Å². The van der Waals surface area contributed by atoms with Gasteiger partial charge in [-0.05, 0) is 55.8 Å². The molecule has 2 unspecified atom stereocenters. The van der Waals surface area contributed by atoms with E-state index in [-0.39, 0.29) is 17.9 Å². The Morgan fingerprint density at radius 3 is 2.42 bits per heavy atom. The first-order valence-electron chi connectivity index (χ1n) is 7.57. The van der Waals surface area contributed by atoms with Crippen molar-refractivity contribution in [2.45, 2.75) is 39.8 Å². The molecular formula is C16H21BrN4O2S. The predicted octanol–water partition coefficient (Wildman–Crippen LogP) is 2.86. The van der Waals surface area contributed by atoms with Crippen molar-refractivity contribution in [1.29, 1.82) is 0 Å². The number of thiophene rings is 1. The Kier molecular flexibility index (Phi) is 5.82. The van der Waals surface area contributed by atoms with E-state index in [1.54, 1.807) is 23.7 Å². The molecule has 0 fully saturated rings. The highest BCUT2D eigenvalue weighted by Crippen LogP contribution is 2.22. The van der Waals surface area contributed by atoms with E-state index in [1.807, 2.05) is 27.8 Å². The maximum atomic E-state index is 12.4. The van der Waals surface area contributed by atoms with Gasteiger partial charge in [-0.2, -0.15) is 5.10 Å². The molecule has 0 bridgehead atoms. The lowest BCUT2D eigenvalue weighted by atomic mass is 10.1. The fraction of sp³-hybridized carbons (Fsp3) is 0.438. The minimum Gasteiger partial charge on any atom is -0.348 e.